The lowest BCUT2D eigenvalue weighted by Gasteiger charge is -2.00. The lowest BCUT2D eigenvalue weighted by molar-refractivity contribution is 0.993. The van der Waals surface area contributed by atoms with Gasteiger partial charge in [0.15, 0.2) is 5.82 Å². The summed E-state index contributed by atoms with van der Waals surface area (Å²) in [5.41, 5.74) is 8.36. The zero-order chi connectivity index (χ0) is 8.55. The molecule has 0 saturated heterocycles. The normalized spacial score (nSPS) is 10.4. The molecule has 0 atom stereocenters. The SMILES string of the molecule is Cc1nnc([NH])c2ccccc12. The van der Waals surface area contributed by atoms with Crippen molar-refractivity contribution >= 4 is 16.6 Å². The van der Waals surface area contributed by atoms with E-state index in [2.05, 4.69) is 10.2 Å². The molecule has 2 aromatic rings. The number of nitrogens with zero attached hydrogens (tertiary/aromatic N) is 2. The van der Waals surface area contributed by atoms with Crippen molar-refractivity contribution < 1.29 is 0 Å². The van der Waals surface area contributed by atoms with Crippen LogP contribution < -0.4 is 5.73 Å². The van der Waals surface area contributed by atoms with Gasteiger partial charge in [-0.1, -0.05) is 24.3 Å². The van der Waals surface area contributed by atoms with Crippen molar-refractivity contribution in [1.29, 1.82) is 0 Å². The molecule has 2 rings (SSSR count). The van der Waals surface area contributed by atoms with Gasteiger partial charge in [-0.2, -0.15) is 5.10 Å². The molecular weight excluding hydrogens is 150 g/mol. The van der Waals surface area contributed by atoms with Crippen LogP contribution in [-0.2, 0) is 0 Å². The van der Waals surface area contributed by atoms with Gasteiger partial charge in [0.25, 0.3) is 0 Å². The van der Waals surface area contributed by atoms with Crippen molar-refractivity contribution in [2.75, 3.05) is 0 Å². The van der Waals surface area contributed by atoms with Gasteiger partial charge in [-0.05, 0) is 6.92 Å². The Morgan fingerprint density at radius 1 is 1.08 bits per heavy atom. The van der Waals surface area contributed by atoms with Gasteiger partial charge in [0.05, 0.1) is 5.69 Å². The predicted octanol–water partition coefficient (Wildman–Crippen LogP) is 1.85. The van der Waals surface area contributed by atoms with Crippen LogP contribution in [0.1, 0.15) is 5.69 Å². The molecule has 0 unspecified atom stereocenters. The molecule has 3 heteroatoms. The number of fused-ring (bicyclic) bond motifs is 1. The number of aromatic nitrogens is 2. The fourth-order valence-electron chi connectivity index (χ4n) is 1.24. The number of nitrogens with one attached hydrogen (secondary N) is 1. The molecule has 0 aliphatic carbocycles. The van der Waals surface area contributed by atoms with Crippen molar-refractivity contribution in [2.45, 2.75) is 6.92 Å². The molecule has 0 aliphatic rings. The molecule has 0 saturated carbocycles. The average Bonchev–Trinajstić information content (AvgIpc) is 2.12. The molecule has 1 heterocycles. The van der Waals surface area contributed by atoms with Gasteiger partial charge in [0.1, 0.15) is 0 Å². The number of aryl methyl sites for hydroxylation is 1. The van der Waals surface area contributed by atoms with Gasteiger partial charge in [0, 0.05) is 10.8 Å². The van der Waals surface area contributed by atoms with Gasteiger partial charge in [-0.25, -0.2) is 0 Å². The highest BCUT2D eigenvalue weighted by Crippen LogP contribution is 2.20. The Labute approximate surface area is 70.2 Å². The largest absolute Gasteiger partial charge is 0.281 e. The van der Waals surface area contributed by atoms with Crippen molar-refractivity contribution in [3.05, 3.63) is 30.0 Å². The number of hydrogen-bond donors (Lipinski definition) is 0. The van der Waals surface area contributed by atoms with Gasteiger partial charge in [-0.15, -0.1) is 5.10 Å². The van der Waals surface area contributed by atoms with Crippen LogP contribution in [0.25, 0.3) is 10.8 Å². The number of hydrogen-bond acceptors (Lipinski definition) is 2. The van der Waals surface area contributed by atoms with E-state index >= 15 is 0 Å². The molecule has 1 radical (unpaired) electrons. The van der Waals surface area contributed by atoms with Crippen LogP contribution in [0.2, 0.25) is 0 Å². The molecule has 1 N–H and O–H groups in total. The van der Waals surface area contributed by atoms with Gasteiger partial charge >= 0.3 is 0 Å². The van der Waals surface area contributed by atoms with Crippen LogP contribution in [0.5, 0.6) is 0 Å². The number of rotatable bonds is 0. The summed E-state index contributed by atoms with van der Waals surface area (Å²) in [6, 6.07) is 7.69. The third-order valence-electron chi connectivity index (χ3n) is 1.87. The average molecular weight is 158 g/mol. The summed E-state index contributed by atoms with van der Waals surface area (Å²) >= 11 is 0. The molecular formula is C9H8N3. The minimum atomic E-state index is 0.246. The van der Waals surface area contributed by atoms with Crippen molar-refractivity contribution in [3.63, 3.8) is 0 Å². The summed E-state index contributed by atoms with van der Waals surface area (Å²) in [7, 11) is 0. The summed E-state index contributed by atoms with van der Waals surface area (Å²) in [5.74, 6) is 0.246. The maximum Gasteiger partial charge on any atom is 0.175 e. The third-order valence-corrected chi connectivity index (χ3v) is 1.87. The van der Waals surface area contributed by atoms with E-state index < -0.39 is 0 Å². The highest BCUT2D eigenvalue weighted by atomic mass is 15.1. The molecule has 12 heavy (non-hydrogen) atoms. The topological polar surface area (TPSA) is 49.6 Å². The van der Waals surface area contributed by atoms with E-state index in [4.69, 9.17) is 5.73 Å². The van der Waals surface area contributed by atoms with E-state index in [1.165, 1.54) is 0 Å². The van der Waals surface area contributed by atoms with Crippen LogP contribution in [0.4, 0.5) is 5.82 Å². The maximum atomic E-state index is 7.49. The molecule has 0 amide bonds. The Morgan fingerprint density at radius 3 is 2.42 bits per heavy atom. The molecule has 0 aliphatic heterocycles. The van der Waals surface area contributed by atoms with Crippen LogP contribution in [0.15, 0.2) is 24.3 Å². The first-order chi connectivity index (χ1) is 5.79. The first kappa shape index (κ1) is 7.03. The highest BCUT2D eigenvalue weighted by molar-refractivity contribution is 5.90. The highest BCUT2D eigenvalue weighted by Gasteiger charge is 2.01. The second-order valence-corrected chi connectivity index (χ2v) is 2.68. The summed E-state index contributed by atoms with van der Waals surface area (Å²) in [5, 5.41) is 9.47. The Bertz CT molecular complexity index is 383. The van der Waals surface area contributed by atoms with Gasteiger partial charge < -0.3 is 0 Å². The van der Waals surface area contributed by atoms with Crippen molar-refractivity contribution in [3.8, 4) is 0 Å². The summed E-state index contributed by atoms with van der Waals surface area (Å²) in [6.45, 7) is 1.90. The van der Waals surface area contributed by atoms with Crippen LogP contribution in [-0.4, -0.2) is 10.2 Å². The van der Waals surface area contributed by atoms with Gasteiger partial charge in [0.2, 0.25) is 0 Å². The first-order valence-corrected chi connectivity index (χ1v) is 3.72. The minimum Gasteiger partial charge on any atom is -0.281 e. The quantitative estimate of drug-likeness (QED) is 0.587. The first-order valence-electron chi connectivity index (χ1n) is 3.72. The number of benzene rings is 1. The monoisotopic (exact) mass is 158 g/mol. The van der Waals surface area contributed by atoms with Crippen LogP contribution in [0, 0.1) is 6.92 Å². The Balaban J connectivity index is 2.95. The second kappa shape index (κ2) is 2.44. The molecule has 0 spiro atoms. The second-order valence-electron chi connectivity index (χ2n) is 2.68. The summed E-state index contributed by atoms with van der Waals surface area (Å²) < 4.78 is 0. The van der Waals surface area contributed by atoms with E-state index in [-0.39, 0.29) is 5.82 Å². The Kier molecular flexibility index (Phi) is 1.43. The van der Waals surface area contributed by atoms with Gasteiger partial charge in [-0.3, -0.25) is 5.73 Å². The van der Waals surface area contributed by atoms with E-state index in [0.29, 0.717) is 0 Å². The Morgan fingerprint density at radius 2 is 1.75 bits per heavy atom. The lowest BCUT2D eigenvalue weighted by atomic mass is 10.1. The lowest BCUT2D eigenvalue weighted by Crippen LogP contribution is -1.90. The predicted molar refractivity (Wildman–Crippen MR) is 47.0 cm³/mol. The molecule has 1 aromatic carbocycles. The van der Waals surface area contributed by atoms with Crippen LogP contribution in [0.3, 0.4) is 0 Å². The van der Waals surface area contributed by atoms with Crippen LogP contribution >= 0.6 is 0 Å². The Hall–Kier alpha value is -1.64. The van der Waals surface area contributed by atoms with Crippen molar-refractivity contribution in [1.82, 2.24) is 15.9 Å². The van der Waals surface area contributed by atoms with Crippen molar-refractivity contribution in [2.24, 2.45) is 0 Å². The summed E-state index contributed by atoms with van der Waals surface area (Å²) in [6.07, 6.45) is 0. The summed E-state index contributed by atoms with van der Waals surface area (Å²) in [4.78, 5) is 0. The van der Waals surface area contributed by atoms with E-state index in [1.54, 1.807) is 0 Å². The smallest absolute Gasteiger partial charge is 0.175 e. The minimum absolute atomic E-state index is 0.246. The van der Waals surface area contributed by atoms with E-state index in [9.17, 15) is 0 Å². The molecule has 59 valence electrons. The molecule has 1 aromatic heterocycles. The zero-order valence-corrected chi connectivity index (χ0v) is 6.70. The maximum absolute atomic E-state index is 7.49. The fraction of sp³-hybridized carbons (Fsp3) is 0.111. The van der Waals surface area contributed by atoms with E-state index in [0.717, 1.165) is 16.5 Å². The van der Waals surface area contributed by atoms with E-state index in [1.807, 2.05) is 31.2 Å². The fourth-order valence-corrected chi connectivity index (χ4v) is 1.24. The zero-order valence-electron chi connectivity index (χ0n) is 6.70. The standard InChI is InChI=1S/C9H8N3/c1-6-7-4-2-3-5-8(7)9(10)12-11-6/h2-5,10H,1H3. The molecule has 3 nitrogen and oxygen atoms in total. The molecule has 0 fully saturated rings. The third kappa shape index (κ3) is 0.906. The molecule has 0 bridgehead atoms.